The van der Waals surface area contributed by atoms with Crippen molar-refractivity contribution in [1.82, 2.24) is 0 Å². The summed E-state index contributed by atoms with van der Waals surface area (Å²) in [5.41, 5.74) is -0.0330. The van der Waals surface area contributed by atoms with Gasteiger partial charge < -0.3 is 4.74 Å². The van der Waals surface area contributed by atoms with Crippen molar-refractivity contribution in [2.24, 2.45) is 5.41 Å². The Morgan fingerprint density at radius 1 is 1.00 bits per heavy atom. The van der Waals surface area contributed by atoms with Gasteiger partial charge in [-0.05, 0) is 37.6 Å². The fourth-order valence-electron chi connectivity index (χ4n) is 1.79. The van der Waals surface area contributed by atoms with E-state index >= 15 is 0 Å². The second-order valence-electron chi connectivity index (χ2n) is 5.81. The number of ketones is 1. The smallest absolute Gasteiger partial charge is 0.311 e. The minimum Gasteiger partial charge on any atom is -0.457 e. The second-order valence-corrected chi connectivity index (χ2v) is 5.81. The zero-order valence-electron chi connectivity index (χ0n) is 12.0. The molecule has 2 aromatic carbocycles. The molecule has 0 radical (unpaired) electrons. The Labute approximate surface area is 118 Å². The standard InChI is InChI=1S/C17H18O3/c1-17(2,3)16(19)20-11-15(18)14-9-8-12-6-4-5-7-13(12)10-14/h4-10H,11H2,1-3H3. The Morgan fingerprint density at radius 2 is 1.65 bits per heavy atom. The first kappa shape index (κ1) is 14.3. The molecule has 3 heteroatoms. The fourth-order valence-corrected chi connectivity index (χ4v) is 1.79. The zero-order chi connectivity index (χ0) is 14.8. The molecule has 0 aromatic heterocycles. The van der Waals surface area contributed by atoms with E-state index in [4.69, 9.17) is 4.74 Å². The van der Waals surface area contributed by atoms with E-state index in [0.717, 1.165) is 10.8 Å². The van der Waals surface area contributed by atoms with Gasteiger partial charge in [0.25, 0.3) is 0 Å². The summed E-state index contributed by atoms with van der Waals surface area (Å²) in [6.07, 6.45) is 0. The van der Waals surface area contributed by atoms with Crippen LogP contribution in [0.5, 0.6) is 0 Å². The number of fused-ring (bicyclic) bond motifs is 1. The van der Waals surface area contributed by atoms with Crippen LogP contribution in [0.15, 0.2) is 42.5 Å². The summed E-state index contributed by atoms with van der Waals surface area (Å²) in [5.74, 6) is -0.556. The van der Waals surface area contributed by atoms with E-state index in [0.29, 0.717) is 5.56 Å². The molecule has 0 aliphatic rings. The third-order valence-electron chi connectivity index (χ3n) is 3.02. The van der Waals surface area contributed by atoms with Crippen molar-refractivity contribution >= 4 is 22.5 Å². The van der Waals surface area contributed by atoms with E-state index in [1.165, 1.54) is 0 Å². The third-order valence-corrected chi connectivity index (χ3v) is 3.02. The quantitative estimate of drug-likeness (QED) is 0.632. The van der Waals surface area contributed by atoms with Crippen LogP contribution < -0.4 is 0 Å². The van der Waals surface area contributed by atoms with Gasteiger partial charge in [-0.3, -0.25) is 9.59 Å². The Bertz CT molecular complexity index is 651. The Hall–Kier alpha value is -2.16. The normalized spacial score (nSPS) is 11.3. The maximum Gasteiger partial charge on any atom is 0.311 e. The maximum atomic E-state index is 12.0. The maximum absolute atomic E-state index is 12.0. The Kier molecular flexibility index (Phi) is 3.89. The van der Waals surface area contributed by atoms with Crippen LogP contribution in [0.4, 0.5) is 0 Å². The predicted octanol–water partition coefficient (Wildman–Crippen LogP) is 3.61. The van der Waals surface area contributed by atoms with Crippen LogP contribution in [0.1, 0.15) is 31.1 Å². The first-order valence-electron chi connectivity index (χ1n) is 6.57. The van der Waals surface area contributed by atoms with E-state index < -0.39 is 5.41 Å². The number of carbonyl (C=O) groups excluding carboxylic acids is 2. The largest absolute Gasteiger partial charge is 0.457 e. The molecule has 0 N–H and O–H groups in total. The molecule has 104 valence electrons. The van der Waals surface area contributed by atoms with Crippen LogP contribution in [0, 0.1) is 5.41 Å². The molecule has 3 nitrogen and oxygen atoms in total. The number of carbonyl (C=O) groups is 2. The van der Waals surface area contributed by atoms with Gasteiger partial charge in [0.1, 0.15) is 0 Å². The molecule has 0 fully saturated rings. The topological polar surface area (TPSA) is 43.4 Å². The number of Topliss-reactive ketones (excluding diaryl/α,β-unsaturated/α-hetero) is 1. The van der Waals surface area contributed by atoms with Gasteiger partial charge in [0.2, 0.25) is 0 Å². The van der Waals surface area contributed by atoms with Gasteiger partial charge in [0, 0.05) is 5.56 Å². The van der Waals surface area contributed by atoms with Crippen LogP contribution in [0.25, 0.3) is 10.8 Å². The number of benzene rings is 2. The first-order chi connectivity index (χ1) is 9.38. The molecule has 0 heterocycles. The predicted molar refractivity (Wildman–Crippen MR) is 78.7 cm³/mol. The molecular formula is C17H18O3. The van der Waals surface area contributed by atoms with E-state index in [1.54, 1.807) is 26.8 Å². The molecule has 2 rings (SSSR count). The summed E-state index contributed by atoms with van der Waals surface area (Å²) >= 11 is 0. The SMILES string of the molecule is CC(C)(C)C(=O)OCC(=O)c1ccc2ccccc2c1. The van der Waals surface area contributed by atoms with Gasteiger partial charge in [0.05, 0.1) is 5.41 Å². The number of rotatable bonds is 3. The molecule has 20 heavy (non-hydrogen) atoms. The van der Waals surface area contributed by atoms with Crippen molar-refractivity contribution in [2.45, 2.75) is 20.8 Å². The highest BCUT2D eigenvalue weighted by Gasteiger charge is 2.23. The summed E-state index contributed by atoms with van der Waals surface area (Å²) < 4.78 is 5.05. The molecule has 0 aliphatic heterocycles. The summed E-state index contributed by atoms with van der Waals surface area (Å²) in [7, 11) is 0. The molecule has 0 bridgehead atoms. The Morgan fingerprint density at radius 3 is 2.30 bits per heavy atom. The van der Waals surface area contributed by atoms with Gasteiger partial charge in [-0.1, -0.05) is 36.4 Å². The van der Waals surface area contributed by atoms with Crippen LogP contribution in [0.2, 0.25) is 0 Å². The van der Waals surface area contributed by atoms with Gasteiger partial charge in [-0.15, -0.1) is 0 Å². The number of ether oxygens (including phenoxy) is 1. The number of hydrogen-bond acceptors (Lipinski definition) is 3. The van der Waals surface area contributed by atoms with Crippen LogP contribution in [0.3, 0.4) is 0 Å². The molecule has 0 saturated heterocycles. The minimum atomic E-state index is -0.594. The molecule has 0 unspecified atom stereocenters. The van der Waals surface area contributed by atoms with E-state index in [2.05, 4.69) is 0 Å². The molecule has 2 aromatic rings. The van der Waals surface area contributed by atoms with Crippen LogP contribution in [-0.2, 0) is 9.53 Å². The fraction of sp³-hybridized carbons (Fsp3) is 0.294. The van der Waals surface area contributed by atoms with Gasteiger partial charge in [0.15, 0.2) is 12.4 Å². The molecule has 0 aliphatic carbocycles. The zero-order valence-corrected chi connectivity index (χ0v) is 12.0. The summed E-state index contributed by atoms with van der Waals surface area (Å²) in [4.78, 5) is 23.7. The van der Waals surface area contributed by atoms with Crippen molar-refractivity contribution in [3.8, 4) is 0 Å². The molecule has 0 spiro atoms. The van der Waals surface area contributed by atoms with E-state index in [-0.39, 0.29) is 18.4 Å². The van der Waals surface area contributed by atoms with E-state index in [9.17, 15) is 9.59 Å². The van der Waals surface area contributed by atoms with Crippen LogP contribution in [-0.4, -0.2) is 18.4 Å². The van der Waals surface area contributed by atoms with E-state index in [1.807, 2.05) is 36.4 Å². The summed E-state index contributed by atoms with van der Waals surface area (Å²) in [6.45, 7) is 5.07. The average molecular weight is 270 g/mol. The molecule has 0 atom stereocenters. The minimum absolute atomic E-state index is 0.187. The summed E-state index contributed by atoms with van der Waals surface area (Å²) in [5, 5.41) is 2.08. The highest BCUT2D eigenvalue weighted by atomic mass is 16.5. The molecule has 0 saturated carbocycles. The monoisotopic (exact) mass is 270 g/mol. The number of esters is 1. The molecular weight excluding hydrogens is 252 g/mol. The summed E-state index contributed by atoms with van der Waals surface area (Å²) in [6, 6.07) is 13.3. The van der Waals surface area contributed by atoms with Gasteiger partial charge in [-0.2, -0.15) is 0 Å². The lowest BCUT2D eigenvalue weighted by Crippen LogP contribution is -2.25. The van der Waals surface area contributed by atoms with Crippen LogP contribution >= 0.6 is 0 Å². The first-order valence-corrected chi connectivity index (χ1v) is 6.57. The average Bonchev–Trinajstić information content (AvgIpc) is 2.42. The van der Waals surface area contributed by atoms with Crippen molar-refractivity contribution in [3.05, 3.63) is 48.0 Å². The number of hydrogen-bond donors (Lipinski definition) is 0. The highest BCUT2D eigenvalue weighted by molar-refractivity contribution is 6.01. The third kappa shape index (κ3) is 3.23. The van der Waals surface area contributed by atoms with Crippen molar-refractivity contribution in [2.75, 3.05) is 6.61 Å². The lowest BCUT2D eigenvalue weighted by Gasteiger charge is -2.16. The Balaban J connectivity index is 2.10. The van der Waals surface area contributed by atoms with Crippen molar-refractivity contribution in [1.29, 1.82) is 0 Å². The molecule has 0 amide bonds. The second kappa shape index (κ2) is 5.45. The van der Waals surface area contributed by atoms with Crippen molar-refractivity contribution < 1.29 is 14.3 Å². The lowest BCUT2D eigenvalue weighted by atomic mass is 9.97. The van der Waals surface area contributed by atoms with Gasteiger partial charge >= 0.3 is 5.97 Å². The lowest BCUT2D eigenvalue weighted by molar-refractivity contribution is -0.151. The van der Waals surface area contributed by atoms with Crippen molar-refractivity contribution in [3.63, 3.8) is 0 Å². The highest BCUT2D eigenvalue weighted by Crippen LogP contribution is 2.17. The van der Waals surface area contributed by atoms with Gasteiger partial charge in [-0.25, -0.2) is 0 Å².